The number of rotatable bonds is 1. The number of hydrogen-bond acceptors (Lipinski definition) is 2. The summed E-state index contributed by atoms with van der Waals surface area (Å²) >= 11 is 0. The number of hydrogen-bond donors (Lipinski definition) is 1. The topological polar surface area (TPSA) is 42.2 Å². The van der Waals surface area contributed by atoms with Gasteiger partial charge in [-0.2, -0.15) is 0 Å². The summed E-state index contributed by atoms with van der Waals surface area (Å²) in [7, 11) is 0. The molecule has 2 heterocycles. The molecule has 1 aromatic carbocycles. The summed E-state index contributed by atoms with van der Waals surface area (Å²) in [6, 6.07) is 9.55. The zero-order valence-electron chi connectivity index (χ0n) is 7.99. The predicted octanol–water partition coefficient (Wildman–Crippen LogP) is 2.44. The number of nitrogens with one attached hydrogen (secondary N) is 1. The first-order chi connectivity index (χ1) is 7.34. The number of amides is 1. The van der Waals surface area contributed by atoms with Crippen LogP contribution >= 0.6 is 0 Å². The Bertz CT molecular complexity index is 514. The highest BCUT2D eigenvalue weighted by atomic mass is 16.3. The zero-order chi connectivity index (χ0) is 10.3. The van der Waals surface area contributed by atoms with Gasteiger partial charge in [0.05, 0.1) is 12.7 Å². The molecular weight excluding hydrogens is 190 g/mol. The minimum atomic E-state index is 0.0454. The van der Waals surface area contributed by atoms with Gasteiger partial charge in [0.25, 0.3) is 0 Å². The Morgan fingerprint density at radius 1 is 1.20 bits per heavy atom. The van der Waals surface area contributed by atoms with Crippen molar-refractivity contribution in [2.45, 2.75) is 6.42 Å². The third-order valence-corrected chi connectivity index (χ3v) is 2.57. The summed E-state index contributed by atoms with van der Waals surface area (Å²) in [5.74, 6) is 0.854. The lowest BCUT2D eigenvalue weighted by atomic mass is 10.0. The molecule has 0 spiro atoms. The fourth-order valence-electron chi connectivity index (χ4n) is 1.91. The SMILES string of the molecule is O=C1Cc2c(cccc2-c2ccco2)N1. The maximum absolute atomic E-state index is 11.3. The Hall–Kier alpha value is -2.03. The van der Waals surface area contributed by atoms with Crippen LogP contribution in [-0.2, 0) is 11.2 Å². The Morgan fingerprint density at radius 3 is 2.93 bits per heavy atom. The van der Waals surface area contributed by atoms with E-state index in [4.69, 9.17) is 4.42 Å². The van der Waals surface area contributed by atoms with Crippen molar-refractivity contribution in [2.24, 2.45) is 0 Å². The molecule has 2 aromatic rings. The molecular formula is C12H9NO2. The molecule has 3 rings (SSSR count). The highest BCUT2D eigenvalue weighted by Crippen LogP contribution is 2.33. The lowest BCUT2D eigenvalue weighted by Crippen LogP contribution is -2.03. The standard InChI is InChI=1S/C12H9NO2/c14-12-7-9-8(11-5-2-6-15-11)3-1-4-10(9)13-12/h1-6H,7H2,(H,13,14). The second-order valence-corrected chi connectivity index (χ2v) is 3.53. The van der Waals surface area contributed by atoms with Gasteiger partial charge in [0.1, 0.15) is 5.76 Å². The van der Waals surface area contributed by atoms with Crippen LogP contribution in [0.15, 0.2) is 41.0 Å². The van der Waals surface area contributed by atoms with Gasteiger partial charge in [0.15, 0.2) is 0 Å². The third kappa shape index (κ3) is 1.24. The molecule has 1 aliphatic rings. The molecule has 0 radical (unpaired) electrons. The van der Waals surface area contributed by atoms with Crippen molar-refractivity contribution in [3.63, 3.8) is 0 Å². The normalized spacial score (nSPS) is 13.7. The van der Waals surface area contributed by atoms with Crippen LogP contribution in [0.1, 0.15) is 5.56 Å². The van der Waals surface area contributed by atoms with Gasteiger partial charge in [-0.3, -0.25) is 4.79 Å². The first kappa shape index (κ1) is 8.29. The minimum Gasteiger partial charge on any atom is -0.464 e. The smallest absolute Gasteiger partial charge is 0.228 e. The molecule has 1 aliphatic heterocycles. The van der Waals surface area contributed by atoms with Crippen molar-refractivity contribution in [3.8, 4) is 11.3 Å². The summed E-state index contributed by atoms with van der Waals surface area (Å²) in [6.07, 6.45) is 2.07. The van der Waals surface area contributed by atoms with E-state index in [1.54, 1.807) is 6.26 Å². The lowest BCUT2D eigenvalue weighted by molar-refractivity contribution is -0.115. The highest BCUT2D eigenvalue weighted by Gasteiger charge is 2.21. The Kier molecular flexibility index (Phi) is 1.65. The monoisotopic (exact) mass is 199 g/mol. The van der Waals surface area contributed by atoms with Crippen molar-refractivity contribution in [3.05, 3.63) is 42.2 Å². The van der Waals surface area contributed by atoms with Crippen LogP contribution in [0.2, 0.25) is 0 Å². The number of anilines is 1. The summed E-state index contributed by atoms with van der Waals surface area (Å²) in [5.41, 5.74) is 2.92. The van der Waals surface area contributed by atoms with E-state index >= 15 is 0 Å². The zero-order valence-corrected chi connectivity index (χ0v) is 7.99. The molecule has 1 N–H and O–H groups in total. The van der Waals surface area contributed by atoms with Crippen molar-refractivity contribution in [1.82, 2.24) is 0 Å². The minimum absolute atomic E-state index is 0.0454. The van der Waals surface area contributed by atoms with Gasteiger partial charge in [-0.25, -0.2) is 0 Å². The number of fused-ring (bicyclic) bond motifs is 1. The number of carbonyl (C=O) groups excluding carboxylic acids is 1. The molecule has 0 saturated heterocycles. The average molecular weight is 199 g/mol. The van der Waals surface area contributed by atoms with Gasteiger partial charge >= 0.3 is 0 Å². The Labute approximate surface area is 86.7 Å². The summed E-state index contributed by atoms with van der Waals surface area (Å²) in [4.78, 5) is 11.3. The van der Waals surface area contributed by atoms with E-state index in [0.717, 1.165) is 22.6 Å². The second kappa shape index (κ2) is 2.98. The molecule has 0 unspecified atom stereocenters. The molecule has 15 heavy (non-hydrogen) atoms. The first-order valence-electron chi connectivity index (χ1n) is 4.80. The van der Waals surface area contributed by atoms with Gasteiger partial charge < -0.3 is 9.73 Å². The Balaban J connectivity index is 2.19. The van der Waals surface area contributed by atoms with E-state index in [1.165, 1.54) is 0 Å². The second-order valence-electron chi connectivity index (χ2n) is 3.53. The molecule has 1 amide bonds. The van der Waals surface area contributed by atoms with E-state index in [9.17, 15) is 4.79 Å². The van der Waals surface area contributed by atoms with Crippen LogP contribution in [-0.4, -0.2) is 5.91 Å². The van der Waals surface area contributed by atoms with Crippen LogP contribution in [0.4, 0.5) is 5.69 Å². The number of carbonyl (C=O) groups is 1. The first-order valence-corrected chi connectivity index (χ1v) is 4.80. The summed E-state index contributed by atoms with van der Waals surface area (Å²) in [5, 5.41) is 2.82. The van der Waals surface area contributed by atoms with E-state index in [-0.39, 0.29) is 5.91 Å². The average Bonchev–Trinajstić information content (AvgIpc) is 2.82. The molecule has 74 valence electrons. The number of benzene rings is 1. The highest BCUT2D eigenvalue weighted by molar-refractivity contribution is 6.01. The van der Waals surface area contributed by atoms with Gasteiger partial charge in [-0.1, -0.05) is 12.1 Å². The maximum Gasteiger partial charge on any atom is 0.228 e. The van der Waals surface area contributed by atoms with Crippen LogP contribution in [0.25, 0.3) is 11.3 Å². The van der Waals surface area contributed by atoms with Crippen LogP contribution < -0.4 is 5.32 Å². The summed E-state index contributed by atoms with van der Waals surface area (Å²) < 4.78 is 5.34. The molecule has 0 aliphatic carbocycles. The Morgan fingerprint density at radius 2 is 2.13 bits per heavy atom. The maximum atomic E-state index is 11.3. The van der Waals surface area contributed by atoms with E-state index in [1.807, 2.05) is 30.3 Å². The van der Waals surface area contributed by atoms with Crippen LogP contribution in [0, 0.1) is 0 Å². The van der Waals surface area contributed by atoms with Crippen molar-refractivity contribution < 1.29 is 9.21 Å². The van der Waals surface area contributed by atoms with Crippen LogP contribution in [0.5, 0.6) is 0 Å². The molecule has 3 heteroatoms. The fraction of sp³-hybridized carbons (Fsp3) is 0.0833. The molecule has 0 atom stereocenters. The van der Waals surface area contributed by atoms with Crippen molar-refractivity contribution in [1.29, 1.82) is 0 Å². The molecule has 0 bridgehead atoms. The van der Waals surface area contributed by atoms with Crippen molar-refractivity contribution >= 4 is 11.6 Å². The third-order valence-electron chi connectivity index (χ3n) is 2.57. The molecule has 0 saturated carbocycles. The van der Waals surface area contributed by atoms with Gasteiger partial charge in [-0.15, -0.1) is 0 Å². The summed E-state index contributed by atoms with van der Waals surface area (Å²) in [6.45, 7) is 0. The largest absolute Gasteiger partial charge is 0.464 e. The van der Waals surface area contributed by atoms with Crippen LogP contribution in [0.3, 0.4) is 0 Å². The van der Waals surface area contributed by atoms with Crippen molar-refractivity contribution in [2.75, 3.05) is 5.32 Å². The predicted molar refractivity (Wildman–Crippen MR) is 56.5 cm³/mol. The van der Waals surface area contributed by atoms with Gasteiger partial charge in [-0.05, 0) is 23.8 Å². The fourth-order valence-corrected chi connectivity index (χ4v) is 1.91. The van der Waals surface area contributed by atoms with E-state index < -0.39 is 0 Å². The molecule has 1 aromatic heterocycles. The lowest BCUT2D eigenvalue weighted by Gasteiger charge is -2.03. The molecule has 0 fully saturated rings. The number of furan rings is 1. The van der Waals surface area contributed by atoms with E-state index in [2.05, 4.69) is 5.32 Å². The van der Waals surface area contributed by atoms with E-state index in [0.29, 0.717) is 6.42 Å². The van der Waals surface area contributed by atoms with Gasteiger partial charge in [0.2, 0.25) is 5.91 Å². The quantitative estimate of drug-likeness (QED) is 0.766. The van der Waals surface area contributed by atoms with Gasteiger partial charge in [0, 0.05) is 11.3 Å². The molecule has 3 nitrogen and oxygen atoms in total.